The fraction of sp³-hybridized carbons (Fsp3) is 0.571. The largest absolute Gasteiger partial charge is 0.469 e. The van der Waals surface area contributed by atoms with Gasteiger partial charge in [-0.15, -0.1) is 0 Å². The molecule has 0 aromatic heterocycles. The van der Waals surface area contributed by atoms with Gasteiger partial charge in [0.1, 0.15) is 0 Å². The van der Waals surface area contributed by atoms with Crippen molar-refractivity contribution in [2.45, 2.75) is 19.8 Å². The van der Waals surface area contributed by atoms with Crippen LogP contribution in [0.2, 0.25) is 0 Å². The fourth-order valence-corrected chi connectivity index (χ4v) is 1.08. The zero-order valence-electron chi connectivity index (χ0n) is 13.5. The Labute approximate surface area is 129 Å². The summed E-state index contributed by atoms with van der Waals surface area (Å²) >= 11 is 0. The van der Waals surface area contributed by atoms with Crippen LogP contribution in [-0.4, -0.2) is 52.3 Å². The number of carbonyl (C=O) groups is 4. The topological polar surface area (TPSA) is 105 Å². The van der Waals surface area contributed by atoms with E-state index in [-0.39, 0.29) is 18.4 Å². The number of esters is 4. The number of hydrogen-bond donors (Lipinski definition) is 0. The van der Waals surface area contributed by atoms with Crippen LogP contribution in [0.4, 0.5) is 0 Å². The van der Waals surface area contributed by atoms with Gasteiger partial charge in [0.2, 0.25) is 0 Å². The second-order valence-electron chi connectivity index (χ2n) is 4.05. The standard InChI is InChI=1S/C7H12O4.C7H10O4/c2*1-5(7(9)11-3)4-6(8)10-2/h5H,4H2,1-3H3;1,4H2,2-3H3/t5-;/m1./s1. The van der Waals surface area contributed by atoms with Gasteiger partial charge in [0.05, 0.1) is 47.2 Å². The van der Waals surface area contributed by atoms with Crippen molar-refractivity contribution in [1.29, 1.82) is 0 Å². The average Bonchev–Trinajstić information content (AvgIpc) is 2.52. The predicted octanol–water partition coefficient (Wildman–Crippen LogP) is 0.637. The molecule has 0 aromatic carbocycles. The van der Waals surface area contributed by atoms with Crippen molar-refractivity contribution in [2.75, 3.05) is 28.4 Å². The molecular weight excluding hydrogens is 296 g/mol. The highest BCUT2D eigenvalue weighted by atomic mass is 16.5. The summed E-state index contributed by atoms with van der Waals surface area (Å²) in [6.07, 6.45) is -0.0493. The Morgan fingerprint density at radius 1 is 0.864 bits per heavy atom. The van der Waals surface area contributed by atoms with Gasteiger partial charge >= 0.3 is 23.9 Å². The summed E-state index contributed by atoms with van der Waals surface area (Å²) in [6, 6.07) is 0. The number of ether oxygens (including phenoxy) is 4. The summed E-state index contributed by atoms with van der Waals surface area (Å²) in [5.41, 5.74) is 0.0966. The molecule has 0 unspecified atom stereocenters. The fourth-order valence-electron chi connectivity index (χ4n) is 1.08. The van der Waals surface area contributed by atoms with Gasteiger partial charge in [-0.2, -0.15) is 0 Å². The smallest absolute Gasteiger partial charge is 0.333 e. The Balaban J connectivity index is 0. The quantitative estimate of drug-likeness (QED) is 0.399. The molecule has 0 radical (unpaired) electrons. The second kappa shape index (κ2) is 12.4. The molecule has 8 heteroatoms. The van der Waals surface area contributed by atoms with E-state index in [1.54, 1.807) is 6.92 Å². The van der Waals surface area contributed by atoms with Crippen LogP contribution in [0.1, 0.15) is 19.8 Å². The first kappa shape index (κ1) is 21.9. The molecule has 0 aliphatic heterocycles. The van der Waals surface area contributed by atoms with Crippen molar-refractivity contribution in [3.63, 3.8) is 0 Å². The highest BCUT2D eigenvalue weighted by Crippen LogP contribution is 2.04. The van der Waals surface area contributed by atoms with Gasteiger partial charge in [0.25, 0.3) is 0 Å². The first-order chi connectivity index (χ1) is 10.2. The summed E-state index contributed by atoms with van der Waals surface area (Å²) < 4.78 is 17.4. The summed E-state index contributed by atoms with van der Waals surface area (Å²) in [7, 11) is 5.04. The molecule has 0 heterocycles. The molecule has 0 saturated heterocycles. The molecule has 22 heavy (non-hydrogen) atoms. The number of carbonyl (C=O) groups excluding carboxylic acids is 4. The summed E-state index contributed by atoms with van der Waals surface area (Å²) in [5, 5.41) is 0. The molecule has 0 N–H and O–H groups in total. The lowest BCUT2D eigenvalue weighted by Crippen LogP contribution is -2.17. The van der Waals surface area contributed by atoms with Crippen LogP contribution in [-0.2, 0) is 38.1 Å². The van der Waals surface area contributed by atoms with E-state index in [2.05, 4.69) is 25.5 Å². The van der Waals surface area contributed by atoms with Crippen molar-refractivity contribution in [3.8, 4) is 0 Å². The van der Waals surface area contributed by atoms with Crippen LogP contribution < -0.4 is 0 Å². The van der Waals surface area contributed by atoms with E-state index >= 15 is 0 Å². The highest BCUT2D eigenvalue weighted by molar-refractivity contribution is 5.93. The first-order valence-electron chi connectivity index (χ1n) is 6.20. The minimum atomic E-state index is -0.588. The van der Waals surface area contributed by atoms with Crippen molar-refractivity contribution >= 4 is 23.9 Å². The van der Waals surface area contributed by atoms with Crippen LogP contribution in [0.25, 0.3) is 0 Å². The number of methoxy groups -OCH3 is 4. The highest BCUT2D eigenvalue weighted by Gasteiger charge is 2.17. The van der Waals surface area contributed by atoms with Crippen LogP contribution in [0.15, 0.2) is 12.2 Å². The van der Waals surface area contributed by atoms with Crippen molar-refractivity contribution in [2.24, 2.45) is 5.92 Å². The van der Waals surface area contributed by atoms with E-state index in [1.165, 1.54) is 28.4 Å². The number of rotatable bonds is 6. The van der Waals surface area contributed by atoms with Crippen molar-refractivity contribution in [1.82, 2.24) is 0 Å². The molecule has 126 valence electrons. The van der Waals surface area contributed by atoms with Gasteiger partial charge in [0.15, 0.2) is 0 Å². The van der Waals surface area contributed by atoms with E-state index in [4.69, 9.17) is 0 Å². The molecule has 1 atom stereocenters. The summed E-state index contributed by atoms with van der Waals surface area (Å²) in [6.45, 7) is 4.95. The molecule has 0 saturated carbocycles. The minimum absolute atomic E-state index is 0.0726. The maximum atomic E-state index is 10.7. The third kappa shape index (κ3) is 10.4. The first-order valence-corrected chi connectivity index (χ1v) is 6.20. The Morgan fingerprint density at radius 3 is 1.73 bits per heavy atom. The summed E-state index contributed by atoms with van der Waals surface area (Å²) in [5.74, 6) is -2.30. The molecule has 0 bridgehead atoms. The molecule has 0 amide bonds. The SMILES string of the molecule is C=C(CC(=O)OC)C(=O)OC.COC(=O)C[C@@H](C)C(=O)OC. The van der Waals surface area contributed by atoms with E-state index in [0.717, 1.165) is 0 Å². The van der Waals surface area contributed by atoms with E-state index < -0.39 is 29.8 Å². The molecule has 0 aliphatic carbocycles. The van der Waals surface area contributed by atoms with Gasteiger partial charge in [-0.25, -0.2) is 4.79 Å². The van der Waals surface area contributed by atoms with Crippen LogP contribution in [0, 0.1) is 5.92 Å². The third-order valence-electron chi connectivity index (χ3n) is 2.36. The monoisotopic (exact) mass is 318 g/mol. The molecular formula is C14H22O8. The lowest BCUT2D eigenvalue weighted by Gasteiger charge is -2.05. The Morgan fingerprint density at radius 2 is 1.36 bits per heavy atom. The maximum Gasteiger partial charge on any atom is 0.333 e. The van der Waals surface area contributed by atoms with E-state index in [9.17, 15) is 19.2 Å². The zero-order chi connectivity index (χ0) is 17.7. The Bertz CT molecular complexity index is 413. The minimum Gasteiger partial charge on any atom is -0.469 e. The molecule has 0 fully saturated rings. The van der Waals surface area contributed by atoms with Gasteiger partial charge in [-0.05, 0) is 0 Å². The molecule has 0 spiro atoms. The summed E-state index contributed by atoms with van der Waals surface area (Å²) in [4.78, 5) is 42.5. The van der Waals surface area contributed by atoms with Crippen molar-refractivity contribution in [3.05, 3.63) is 12.2 Å². The normalized spacial score (nSPS) is 10.2. The molecule has 8 nitrogen and oxygen atoms in total. The molecule has 0 aliphatic rings. The van der Waals surface area contributed by atoms with Crippen LogP contribution in [0.5, 0.6) is 0 Å². The Hall–Kier alpha value is -2.38. The second-order valence-corrected chi connectivity index (χ2v) is 4.05. The van der Waals surface area contributed by atoms with Gasteiger partial charge < -0.3 is 18.9 Å². The average molecular weight is 318 g/mol. The van der Waals surface area contributed by atoms with Gasteiger partial charge in [-0.1, -0.05) is 13.5 Å². The molecule has 0 aromatic rings. The Kier molecular flexibility index (Phi) is 12.3. The van der Waals surface area contributed by atoms with Crippen molar-refractivity contribution < 1.29 is 38.1 Å². The maximum absolute atomic E-state index is 10.7. The third-order valence-corrected chi connectivity index (χ3v) is 2.36. The van der Waals surface area contributed by atoms with Crippen LogP contribution >= 0.6 is 0 Å². The van der Waals surface area contributed by atoms with Crippen LogP contribution in [0.3, 0.4) is 0 Å². The zero-order valence-corrected chi connectivity index (χ0v) is 13.5. The molecule has 0 rings (SSSR count). The van der Waals surface area contributed by atoms with Gasteiger partial charge in [-0.3, -0.25) is 14.4 Å². The van der Waals surface area contributed by atoms with E-state index in [0.29, 0.717) is 0 Å². The lowest BCUT2D eigenvalue weighted by molar-refractivity contribution is -0.151. The lowest BCUT2D eigenvalue weighted by atomic mass is 10.1. The number of hydrogen-bond acceptors (Lipinski definition) is 8. The predicted molar refractivity (Wildman–Crippen MR) is 75.6 cm³/mol. The van der Waals surface area contributed by atoms with Gasteiger partial charge in [0, 0.05) is 5.57 Å². The van der Waals surface area contributed by atoms with E-state index in [1.807, 2.05) is 0 Å².